The van der Waals surface area contributed by atoms with E-state index < -0.39 is 5.82 Å². The molecule has 0 radical (unpaired) electrons. The molecule has 20 heavy (non-hydrogen) atoms. The summed E-state index contributed by atoms with van der Waals surface area (Å²) in [5.41, 5.74) is 0.638. The van der Waals surface area contributed by atoms with Gasteiger partial charge in [-0.3, -0.25) is 4.79 Å². The fraction of sp³-hybridized carbons (Fsp3) is 0.0769. The first-order valence-corrected chi connectivity index (χ1v) is 7.05. The lowest BCUT2D eigenvalue weighted by molar-refractivity contribution is 0.630. The number of aromatic amines is 1. The van der Waals surface area contributed by atoms with E-state index in [1.54, 1.807) is 17.5 Å². The van der Waals surface area contributed by atoms with Gasteiger partial charge in [-0.15, -0.1) is 11.3 Å². The maximum Gasteiger partial charge on any atom is 0.268 e. The summed E-state index contributed by atoms with van der Waals surface area (Å²) in [4.78, 5) is 18.8. The number of aromatic nitrogens is 2. The van der Waals surface area contributed by atoms with Gasteiger partial charge in [-0.25, -0.2) is 9.37 Å². The first-order chi connectivity index (χ1) is 9.65. The van der Waals surface area contributed by atoms with Gasteiger partial charge in [-0.1, -0.05) is 17.7 Å². The molecular formula is C13H9ClFN3OS. The molecule has 2 aromatic heterocycles. The smallest absolute Gasteiger partial charge is 0.268 e. The Hall–Kier alpha value is -1.92. The highest BCUT2D eigenvalue weighted by atomic mass is 35.5. The summed E-state index contributed by atoms with van der Waals surface area (Å²) in [5.74, 6) is -0.0170. The van der Waals surface area contributed by atoms with Gasteiger partial charge >= 0.3 is 0 Å². The lowest BCUT2D eigenvalue weighted by Crippen LogP contribution is -2.13. The molecule has 1 aromatic carbocycles. The zero-order chi connectivity index (χ0) is 14.1. The average Bonchev–Trinajstić information content (AvgIpc) is 2.87. The number of hydrogen-bond donors (Lipinski definition) is 2. The molecule has 2 N–H and O–H groups in total. The molecule has 4 nitrogen and oxygen atoms in total. The molecule has 102 valence electrons. The van der Waals surface area contributed by atoms with E-state index in [9.17, 15) is 9.18 Å². The fourth-order valence-electron chi connectivity index (χ4n) is 1.84. The third-order valence-corrected chi connectivity index (χ3v) is 3.98. The summed E-state index contributed by atoms with van der Waals surface area (Å²) in [6.07, 6.45) is 0. The minimum Gasteiger partial charge on any atom is -0.374 e. The Morgan fingerprint density at radius 2 is 2.25 bits per heavy atom. The second kappa shape index (κ2) is 5.22. The number of benzene rings is 1. The van der Waals surface area contributed by atoms with Crippen LogP contribution in [-0.2, 0) is 6.54 Å². The highest BCUT2D eigenvalue weighted by Crippen LogP contribution is 2.24. The number of nitrogens with one attached hydrogen (secondary N) is 2. The third kappa shape index (κ3) is 2.39. The topological polar surface area (TPSA) is 57.8 Å². The number of nitrogens with zero attached hydrogens (tertiary/aromatic N) is 1. The van der Waals surface area contributed by atoms with E-state index in [1.807, 2.05) is 0 Å². The van der Waals surface area contributed by atoms with Gasteiger partial charge in [0.1, 0.15) is 16.3 Å². The van der Waals surface area contributed by atoms with Crippen molar-refractivity contribution in [2.24, 2.45) is 0 Å². The van der Waals surface area contributed by atoms with E-state index in [-0.39, 0.29) is 22.8 Å². The number of rotatable bonds is 3. The van der Waals surface area contributed by atoms with Gasteiger partial charge < -0.3 is 10.3 Å². The van der Waals surface area contributed by atoms with E-state index in [4.69, 9.17) is 11.6 Å². The summed E-state index contributed by atoms with van der Waals surface area (Å²) in [7, 11) is 0. The predicted molar refractivity (Wildman–Crippen MR) is 79.0 cm³/mol. The molecule has 0 unspecified atom stereocenters. The van der Waals surface area contributed by atoms with Crippen LogP contribution in [0.1, 0.15) is 5.82 Å². The molecule has 0 fully saturated rings. The molecule has 0 atom stereocenters. The van der Waals surface area contributed by atoms with Crippen LogP contribution < -0.4 is 10.9 Å². The summed E-state index contributed by atoms with van der Waals surface area (Å²) in [6, 6.07) is 6.20. The van der Waals surface area contributed by atoms with Gasteiger partial charge in [0.25, 0.3) is 5.56 Å². The number of halogens is 2. The molecule has 3 rings (SSSR count). The van der Waals surface area contributed by atoms with Crippen LogP contribution in [0.4, 0.5) is 10.1 Å². The summed E-state index contributed by atoms with van der Waals surface area (Å²) < 4.78 is 14.2. The maximum absolute atomic E-state index is 13.6. The van der Waals surface area contributed by atoms with Crippen molar-refractivity contribution in [1.29, 1.82) is 0 Å². The lowest BCUT2D eigenvalue weighted by atomic mass is 10.3. The molecule has 0 amide bonds. The molecule has 0 aliphatic heterocycles. The fourth-order valence-corrected chi connectivity index (χ4v) is 2.80. The van der Waals surface area contributed by atoms with Crippen molar-refractivity contribution in [1.82, 2.24) is 9.97 Å². The van der Waals surface area contributed by atoms with Crippen LogP contribution in [0.15, 0.2) is 34.4 Å². The largest absolute Gasteiger partial charge is 0.374 e. The highest BCUT2D eigenvalue weighted by molar-refractivity contribution is 7.17. The van der Waals surface area contributed by atoms with Crippen molar-refractivity contribution >= 4 is 38.8 Å². The third-order valence-electron chi connectivity index (χ3n) is 2.76. The standard InChI is InChI=1S/C13H9ClFN3OS/c14-7-2-1-3-8(15)11(7)16-6-10-17-9-4-5-20-12(9)13(19)18-10/h1-5,16H,6H2,(H,17,18,19). The van der Waals surface area contributed by atoms with Crippen molar-refractivity contribution in [3.63, 3.8) is 0 Å². The van der Waals surface area contributed by atoms with Crippen LogP contribution >= 0.6 is 22.9 Å². The van der Waals surface area contributed by atoms with E-state index >= 15 is 0 Å². The van der Waals surface area contributed by atoms with Crippen LogP contribution in [0.25, 0.3) is 10.2 Å². The molecule has 0 aliphatic rings. The molecule has 3 aromatic rings. The van der Waals surface area contributed by atoms with Gasteiger partial charge in [0.15, 0.2) is 0 Å². The molecule has 0 spiro atoms. The van der Waals surface area contributed by atoms with Crippen LogP contribution in [0.3, 0.4) is 0 Å². The van der Waals surface area contributed by atoms with Crippen LogP contribution in [0.2, 0.25) is 5.02 Å². The number of anilines is 1. The van der Waals surface area contributed by atoms with Crippen LogP contribution in [0, 0.1) is 5.82 Å². The van der Waals surface area contributed by atoms with Gasteiger partial charge in [-0.2, -0.15) is 0 Å². The van der Waals surface area contributed by atoms with Gasteiger partial charge in [0.2, 0.25) is 0 Å². The number of H-pyrrole nitrogens is 1. The highest BCUT2D eigenvalue weighted by Gasteiger charge is 2.08. The molecule has 2 heterocycles. The van der Waals surface area contributed by atoms with E-state index in [0.29, 0.717) is 16.0 Å². The van der Waals surface area contributed by atoms with Gasteiger partial charge in [0.05, 0.1) is 22.8 Å². The molecular weight excluding hydrogens is 301 g/mol. The Balaban J connectivity index is 1.88. The predicted octanol–water partition coefficient (Wildman–Crippen LogP) is 3.39. The second-order valence-electron chi connectivity index (χ2n) is 4.10. The monoisotopic (exact) mass is 309 g/mol. The SMILES string of the molecule is O=c1[nH]c(CNc2c(F)cccc2Cl)nc2ccsc12. The Morgan fingerprint density at radius 1 is 1.40 bits per heavy atom. The average molecular weight is 310 g/mol. The Labute approximate surface area is 122 Å². The molecule has 7 heteroatoms. The quantitative estimate of drug-likeness (QED) is 0.779. The first-order valence-electron chi connectivity index (χ1n) is 5.79. The molecule has 0 aliphatic carbocycles. The summed E-state index contributed by atoms with van der Waals surface area (Å²) in [5, 5.41) is 4.93. The van der Waals surface area contributed by atoms with Crippen LogP contribution in [0.5, 0.6) is 0 Å². The minimum atomic E-state index is -0.448. The minimum absolute atomic E-state index is 0.182. The summed E-state index contributed by atoms with van der Waals surface area (Å²) >= 11 is 7.25. The van der Waals surface area contributed by atoms with Crippen LogP contribution in [-0.4, -0.2) is 9.97 Å². The normalized spacial score (nSPS) is 10.9. The molecule has 0 saturated carbocycles. The van der Waals surface area contributed by atoms with E-state index in [0.717, 1.165) is 0 Å². The Morgan fingerprint density at radius 3 is 3.05 bits per heavy atom. The number of thiophene rings is 1. The summed E-state index contributed by atoms with van der Waals surface area (Å²) in [6.45, 7) is 0.182. The van der Waals surface area contributed by atoms with Gasteiger partial charge in [-0.05, 0) is 23.6 Å². The zero-order valence-corrected chi connectivity index (χ0v) is 11.7. The second-order valence-corrected chi connectivity index (χ2v) is 5.42. The van der Waals surface area contributed by atoms with Gasteiger partial charge in [0, 0.05) is 0 Å². The van der Waals surface area contributed by atoms with Crippen molar-refractivity contribution in [3.8, 4) is 0 Å². The van der Waals surface area contributed by atoms with E-state index in [1.165, 1.54) is 23.5 Å². The Bertz CT molecular complexity index is 810. The zero-order valence-electron chi connectivity index (χ0n) is 10.1. The first kappa shape index (κ1) is 13.1. The van der Waals surface area contributed by atoms with Crippen molar-refractivity contribution in [2.45, 2.75) is 6.54 Å². The lowest BCUT2D eigenvalue weighted by Gasteiger charge is -2.08. The maximum atomic E-state index is 13.6. The van der Waals surface area contributed by atoms with E-state index in [2.05, 4.69) is 15.3 Å². The molecule has 0 saturated heterocycles. The Kier molecular flexibility index (Phi) is 3.42. The molecule has 0 bridgehead atoms. The van der Waals surface area contributed by atoms with Crippen molar-refractivity contribution < 1.29 is 4.39 Å². The number of fused-ring (bicyclic) bond motifs is 1. The van der Waals surface area contributed by atoms with Crippen molar-refractivity contribution in [3.05, 3.63) is 56.7 Å². The number of para-hydroxylation sites is 1. The van der Waals surface area contributed by atoms with Crippen molar-refractivity contribution in [2.75, 3.05) is 5.32 Å². The number of hydrogen-bond acceptors (Lipinski definition) is 4.